The summed E-state index contributed by atoms with van der Waals surface area (Å²) < 4.78 is 5.08. The lowest BCUT2D eigenvalue weighted by Gasteiger charge is -2.13. The summed E-state index contributed by atoms with van der Waals surface area (Å²) in [5.74, 6) is 0.101. The number of methoxy groups -OCH3 is 1. The second-order valence-electron chi connectivity index (χ2n) is 3.42. The van der Waals surface area contributed by atoms with Gasteiger partial charge in [-0.05, 0) is 19.7 Å². The molecule has 2 N–H and O–H groups in total. The Bertz CT molecular complexity index is 503. The SMILES string of the molecule is C=N/C(=N\OCC)c1cc(OC)c(CO)c(O)c1Cl. The molecule has 0 saturated heterocycles. The Hall–Kier alpha value is -1.79. The number of hydrogen-bond acceptors (Lipinski definition) is 5. The van der Waals surface area contributed by atoms with Gasteiger partial charge in [0.25, 0.3) is 0 Å². The van der Waals surface area contributed by atoms with Gasteiger partial charge in [-0.25, -0.2) is 4.99 Å². The minimum absolute atomic E-state index is 0.00398. The van der Waals surface area contributed by atoms with Crippen LogP contribution in [0.25, 0.3) is 0 Å². The molecule has 0 aliphatic rings. The van der Waals surface area contributed by atoms with Gasteiger partial charge in [-0.2, -0.15) is 0 Å². The van der Waals surface area contributed by atoms with Gasteiger partial charge in [0.15, 0.2) is 5.84 Å². The van der Waals surface area contributed by atoms with Crippen molar-refractivity contribution in [2.75, 3.05) is 13.7 Å². The highest BCUT2D eigenvalue weighted by atomic mass is 35.5. The average molecular weight is 287 g/mol. The monoisotopic (exact) mass is 286 g/mol. The molecule has 104 valence electrons. The zero-order chi connectivity index (χ0) is 14.4. The fraction of sp³-hybridized carbons (Fsp3) is 0.333. The summed E-state index contributed by atoms with van der Waals surface area (Å²) in [6.07, 6.45) is 0. The molecule has 0 atom stereocenters. The van der Waals surface area contributed by atoms with Crippen LogP contribution in [0.5, 0.6) is 11.5 Å². The van der Waals surface area contributed by atoms with E-state index in [2.05, 4.69) is 16.9 Å². The minimum Gasteiger partial charge on any atom is -0.506 e. The predicted molar refractivity (Wildman–Crippen MR) is 73.3 cm³/mol. The van der Waals surface area contributed by atoms with Gasteiger partial charge in [-0.1, -0.05) is 16.8 Å². The molecule has 0 bridgehead atoms. The van der Waals surface area contributed by atoms with E-state index in [1.165, 1.54) is 13.2 Å². The van der Waals surface area contributed by atoms with E-state index in [1.807, 2.05) is 0 Å². The molecule has 0 amide bonds. The third-order valence-corrected chi connectivity index (χ3v) is 2.73. The first-order valence-corrected chi connectivity index (χ1v) is 5.84. The van der Waals surface area contributed by atoms with Gasteiger partial charge in [0.2, 0.25) is 0 Å². The number of aliphatic hydroxyl groups excluding tert-OH is 1. The summed E-state index contributed by atoms with van der Waals surface area (Å²) in [7, 11) is 1.41. The number of halogens is 1. The van der Waals surface area contributed by atoms with Crippen LogP contribution in [0, 0.1) is 0 Å². The number of nitrogens with zero attached hydrogens (tertiary/aromatic N) is 2. The molecule has 1 aromatic rings. The maximum Gasteiger partial charge on any atom is 0.199 e. The summed E-state index contributed by atoms with van der Waals surface area (Å²) in [5, 5.41) is 22.9. The first kappa shape index (κ1) is 15.3. The standard InChI is InChI=1S/C12H15ClN2O4/c1-4-19-15-12(14-2)7-5-9(18-3)8(6-16)11(17)10(7)13/h5,16-17H,2,4,6H2,1,3H3/b15-12-. The third-order valence-electron chi connectivity index (χ3n) is 2.35. The van der Waals surface area contributed by atoms with Gasteiger partial charge in [0, 0.05) is 5.56 Å². The van der Waals surface area contributed by atoms with Crippen LogP contribution in [0.3, 0.4) is 0 Å². The van der Waals surface area contributed by atoms with Gasteiger partial charge in [0.1, 0.15) is 18.1 Å². The molecule has 0 saturated carbocycles. The van der Waals surface area contributed by atoms with Crippen molar-refractivity contribution < 1.29 is 19.8 Å². The maximum absolute atomic E-state index is 9.93. The molecule has 0 heterocycles. The van der Waals surface area contributed by atoms with E-state index in [9.17, 15) is 10.2 Å². The van der Waals surface area contributed by atoms with E-state index < -0.39 is 6.61 Å². The summed E-state index contributed by atoms with van der Waals surface area (Å²) in [5.41, 5.74) is 0.493. The number of rotatable bonds is 5. The predicted octanol–water partition coefficient (Wildman–Crippen LogP) is 1.95. The highest BCUT2D eigenvalue weighted by molar-refractivity contribution is 6.35. The fourth-order valence-electron chi connectivity index (χ4n) is 1.44. The zero-order valence-corrected chi connectivity index (χ0v) is 11.4. The van der Waals surface area contributed by atoms with E-state index in [4.69, 9.17) is 21.2 Å². The number of oxime groups is 1. The van der Waals surface area contributed by atoms with E-state index in [-0.39, 0.29) is 27.9 Å². The number of aliphatic imine (C=N–C) groups is 1. The normalized spacial score (nSPS) is 11.3. The van der Waals surface area contributed by atoms with Crippen LogP contribution in [0.2, 0.25) is 5.02 Å². The van der Waals surface area contributed by atoms with Gasteiger partial charge >= 0.3 is 0 Å². The van der Waals surface area contributed by atoms with E-state index in [1.54, 1.807) is 6.92 Å². The van der Waals surface area contributed by atoms with Gasteiger partial charge in [-0.15, -0.1) is 0 Å². The molecule has 0 unspecified atom stereocenters. The number of amidine groups is 1. The average Bonchev–Trinajstić information content (AvgIpc) is 2.43. The Morgan fingerprint density at radius 1 is 1.53 bits per heavy atom. The zero-order valence-electron chi connectivity index (χ0n) is 10.7. The maximum atomic E-state index is 9.93. The molecule has 0 aliphatic heterocycles. The molecule has 0 aliphatic carbocycles. The lowest BCUT2D eigenvalue weighted by atomic mass is 10.1. The van der Waals surface area contributed by atoms with E-state index in [0.717, 1.165) is 0 Å². The Morgan fingerprint density at radius 2 is 2.21 bits per heavy atom. The lowest BCUT2D eigenvalue weighted by molar-refractivity contribution is 0.158. The van der Waals surface area contributed by atoms with E-state index in [0.29, 0.717) is 12.2 Å². The Morgan fingerprint density at radius 3 is 2.68 bits per heavy atom. The van der Waals surface area contributed by atoms with Crippen LogP contribution in [0.4, 0.5) is 0 Å². The van der Waals surface area contributed by atoms with Gasteiger partial charge in [-0.3, -0.25) is 0 Å². The molecule has 19 heavy (non-hydrogen) atoms. The third kappa shape index (κ3) is 3.15. The number of aromatic hydroxyl groups is 1. The van der Waals surface area contributed by atoms with Crippen molar-refractivity contribution in [3.05, 3.63) is 22.2 Å². The molecular formula is C12H15ClN2O4. The molecule has 0 aromatic heterocycles. The van der Waals surface area contributed by atoms with Crippen molar-refractivity contribution in [2.24, 2.45) is 10.1 Å². The van der Waals surface area contributed by atoms with Crippen molar-refractivity contribution in [1.82, 2.24) is 0 Å². The smallest absolute Gasteiger partial charge is 0.199 e. The summed E-state index contributed by atoms with van der Waals surface area (Å²) in [6.45, 7) is 5.08. The van der Waals surface area contributed by atoms with Gasteiger partial charge < -0.3 is 19.8 Å². The van der Waals surface area contributed by atoms with Crippen LogP contribution in [-0.2, 0) is 11.4 Å². The molecule has 0 fully saturated rings. The number of phenols is 1. The Kier molecular flexibility index (Phi) is 5.59. The minimum atomic E-state index is -0.408. The van der Waals surface area contributed by atoms with E-state index >= 15 is 0 Å². The van der Waals surface area contributed by atoms with Crippen molar-refractivity contribution in [2.45, 2.75) is 13.5 Å². The van der Waals surface area contributed by atoms with Crippen LogP contribution < -0.4 is 4.74 Å². The van der Waals surface area contributed by atoms with Crippen LogP contribution in [0.15, 0.2) is 16.2 Å². The molecule has 7 heteroatoms. The summed E-state index contributed by atoms with van der Waals surface area (Å²) >= 11 is 6.02. The van der Waals surface area contributed by atoms with Crippen molar-refractivity contribution in [3.63, 3.8) is 0 Å². The number of ether oxygens (including phenoxy) is 1. The van der Waals surface area contributed by atoms with Crippen LogP contribution in [0.1, 0.15) is 18.1 Å². The summed E-state index contributed by atoms with van der Waals surface area (Å²) in [4.78, 5) is 8.58. The molecule has 1 rings (SSSR count). The van der Waals surface area contributed by atoms with Crippen LogP contribution >= 0.6 is 11.6 Å². The highest BCUT2D eigenvalue weighted by Crippen LogP contribution is 2.38. The van der Waals surface area contributed by atoms with Crippen molar-refractivity contribution in [3.8, 4) is 11.5 Å². The van der Waals surface area contributed by atoms with Crippen LogP contribution in [-0.4, -0.2) is 36.5 Å². The molecule has 0 spiro atoms. The van der Waals surface area contributed by atoms with Crippen molar-refractivity contribution in [1.29, 1.82) is 0 Å². The number of benzene rings is 1. The second-order valence-corrected chi connectivity index (χ2v) is 3.79. The molecule has 0 radical (unpaired) electrons. The first-order chi connectivity index (χ1) is 9.10. The molecule has 1 aromatic carbocycles. The fourth-order valence-corrected chi connectivity index (χ4v) is 1.70. The molecule has 6 nitrogen and oxygen atoms in total. The highest BCUT2D eigenvalue weighted by Gasteiger charge is 2.19. The summed E-state index contributed by atoms with van der Waals surface area (Å²) in [6, 6.07) is 1.50. The number of hydrogen-bond donors (Lipinski definition) is 2. The lowest BCUT2D eigenvalue weighted by Crippen LogP contribution is -2.03. The largest absolute Gasteiger partial charge is 0.506 e. The van der Waals surface area contributed by atoms with Gasteiger partial charge in [0.05, 0.1) is 24.3 Å². The first-order valence-electron chi connectivity index (χ1n) is 5.46. The Balaban J connectivity index is 3.43. The molecular weight excluding hydrogens is 272 g/mol. The van der Waals surface area contributed by atoms with Crippen molar-refractivity contribution >= 4 is 24.2 Å². The second kappa shape index (κ2) is 6.96. The Labute approximate surface area is 115 Å². The quantitative estimate of drug-likeness (QED) is 0.492. The topological polar surface area (TPSA) is 83.6 Å². The number of aliphatic hydroxyl groups is 1.